The van der Waals surface area contributed by atoms with Crippen molar-refractivity contribution in [2.24, 2.45) is 5.73 Å². The first-order valence-corrected chi connectivity index (χ1v) is 7.04. The lowest BCUT2D eigenvalue weighted by molar-refractivity contribution is -0.117. The molecule has 0 aliphatic carbocycles. The average Bonchev–Trinajstić information content (AvgIpc) is 2.44. The number of carbonyl (C=O) groups is 1. The standard InChI is InChI=1S/C14H22N4O2/c1-2-20-14-4-3-12(9-16-14)17-13(19)10-18-7-5-11(15)6-8-18/h3-4,9,11H,2,5-8,10,15H2,1H3,(H,17,19). The third kappa shape index (κ3) is 4.47. The topological polar surface area (TPSA) is 80.5 Å². The summed E-state index contributed by atoms with van der Waals surface area (Å²) in [5.74, 6) is 0.543. The van der Waals surface area contributed by atoms with Crippen LogP contribution in [0.2, 0.25) is 0 Å². The van der Waals surface area contributed by atoms with E-state index in [4.69, 9.17) is 10.5 Å². The third-order valence-electron chi connectivity index (χ3n) is 3.31. The Morgan fingerprint density at radius 1 is 1.50 bits per heavy atom. The third-order valence-corrected chi connectivity index (χ3v) is 3.31. The molecule has 0 aromatic carbocycles. The molecule has 1 aliphatic heterocycles. The lowest BCUT2D eigenvalue weighted by Gasteiger charge is -2.29. The molecule has 2 heterocycles. The molecule has 0 saturated carbocycles. The Kier molecular flexibility index (Phi) is 5.31. The number of rotatable bonds is 5. The highest BCUT2D eigenvalue weighted by Gasteiger charge is 2.18. The van der Waals surface area contributed by atoms with Crippen LogP contribution in [0, 0.1) is 0 Å². The maximum Gasteiger partial charge on any atom is 0.238 e. The number of hydrogen-bond acceptors (Lipinski definition) is 5. The number of amides is 1. The van der Waals surface area contributed by atoms with Crippen LogP contribution in [0.15, 0.2) is 18.3 Å². The van der Waals surface area contributed by atoms with Crippen LogP contribution in [0.25, 0.3) is 0 Å². The highest BCUT2D eigenvalue weighted by molar-refractivity contribution is 5.92. The van der Waals surface area contributed by atoms with E-state index in [1.165, 1.54) is 0 Å². The number of carbonyl (C=O) groups excluding carboxylic acids is 1. The summed E-state index contributed by atoms with van der Waals surface area (Å²) in [7, 11) is 0. The molecule has 0 radical (unpaired) electrons. The van der Waals surface area contributed by atoms with Gasteiger partial charge in [-0.3, -0.25) is 9.69 Å². The van der Waals surface area contributed by atoms with Crippen molar-refractivity contribution in [3.05, 3.63) is 18.3 Å². The molecule has 0 spiro atoms. The molecule has 1 fully saturated rings. The minimum Gasteiger partial charge on any atom is -0.478 e. The minimum absolute atomic E-state index is 0.0218. The van der Waals surface area contributed by atoms with Crippen LogP contribution in [0.3, 0.4) is 0 Å². The largest absolute Gasteiger partial charge is 0.478 e. The molecule has 1 aromatic heterocycles. The lowest BCUT2D eigenvalue weighted by Crippen LogP contribution is -2.43. The first kappa shape index (κ1) is 14.7. The number of likely N-dealkylation sites (tertiary alicyclic amines) is 1. The molecule has 1 aliphatic rings. The molecule has 2 rings (SSSR count). The molecule has 110 valence electrons. The van der Waals surface area contributed by atoms with Crippen molar-refractivity contribution in [2.75, 3.05) is 31.6 Å². The van der Waals surface area contributed by atoms with E-state index in [0.29, 0.717) is 24.7 Å². The Morgan fingerprint density at radius 2 is 2.25 bits per heavy atom. The Morgan fingerprint density at radius 3 is 2.85 bits per heavy atom. The summed E-state index contributed by atoms with van der Waals surface area (Å²) in [6.07, 6.45) is 3.52. The van der Waals surface area contributed by atoms with Gasteiger partial charge in [-0.15, -0.1) is 0 Å². The maximum absolute atomic E-state index is 11.9. The van der Waals surface area contributed by atoms with Crippen LogP contribution in [0.5, 0.6) is 5.88 Å². The molecule has 20 heavy (non-hydrogen) atoms. The summed E-state index contributed by atoms with van der Waals surface area (Å²) in [4.78, 5) is 18.2. The highest BCUT2D eigenvalue weighted by atomic mass is 16.5. The molecule has 1 saturated heterocycles. The molecule has 1 amide bonds. The van der Waals surface area contributed by atoms with Gasteiger partial charge in [-0.05, 0) is 25.8 Å². The Balaban J connectivity index is 1.79. The molecule has 6 heteroatoms. The smallest absolute Gasteiger partial charge is 0.238 e. The number of pyridine rings is 1. The minimum atomic E-state index is -0.0218. The van der Waals surface area contributed by atoms with Gasteiger partial charge >= 0.3 is 0 Å². The van der Waals surface area contributed by atoms with E-state index in [-0.39, 0.29) is 11.9 Å². The predicted molar refractivity (Wildman–Crippen MR) is 77.7 cm³/mol. The summed E-state index contributed by atoms with van der Waals surface area (Å²) in [6, 6.07) is 3.82. The quantitative estimate of drug-likeness (QED) is 0.834. The van der Waals surface area contributed by atoms with Crippen LogP contribution in [-0.4, -0.2) is 48.1 Å². The highest BCUT2D eigenvalue weighted by Crippen LogP contribution is 2.12. The maximum atomic E-state index is 11.9. The van der Waals surface area contributed by atoms with Crippen molar-refractivity contribution in [1.29, 1.82) is 0 Å². The second-order valence-corrected chi connectivity index (χ2v) is 4.98. The molecular formula is C14H22N4O2. The fourth-order valence-corrected chi connectivity index (χ4v) is 2.20. The van der Waals surface area contributed by atoms with Crippen molar-refractivity contribution in [3.8, 4) is 5.88 Å². The number of ether oxygens (including phenoxy) is 1. The fourth-order valence-electron chi connectivity index (χ4n) is 2.20. The SMILES string of the molecule is CCOc1ccc(NC(=O)CN2CCC(N)CC2)cn1. The number of anilines is 1. The van der Waals surface area contributed by atoms with E-state index in [0.717, 1.165) is 25.9 Å². The van der Waals surface area contributed by atoms with Gasteiger partial charge in [0.1, 0.15) is 0 Å². The number of piperidine rings is 1. The zero-order valence-electron chi connectivity index (χ0n) is 11.8. The van der Waals surface area contributed by atoms with Gasteiger partial charge in [0, 0.05) is 25.2 Å². The van der Waals surface area contributed by atoms with E-state index in [1.807, 2.05) is 6.92 Å². The van der Waals surface area contributed by atoms with Crippen molar-refractivity contribution in [1.82, 2.24) is 9.88 Å². The van der Waals surface area contributed by atoms with Gasteiger partial charge < -0.3 is 15.8 Å². The van der Waals surface area contributed by atoms with Crippen molar-refractivity contribution < 1.29 is 9.53 Å². The van der Waals surface area contributed by atoms with E-state index in [1.54, 1.807) is 18.3 Å². The molecule has 3 N–H and O–H groups in total. The summed E-state index contributed by atoms with van der Waals surface area (Å²) < 4.78 is 5.25. The summed E-state index contributed by atoms with van der Waals surface area (Å²) in [5.41, 5.74) is 6.53. The van der Waals surface area contributed by atoms with Gasteiger partial charge in [-0.25, -0.2) is 4.98 Å². The monoisotopic (exact) mass is 278 g/mol. The van der Waals surface area contributed by atoms with E-state index < -0.39 is 0 Å². The van der Waals surface area contributed by atoms with Gasteiger partial charge in [-0.1, -0.05) is 0 Å². The van der Waals surface area contributed by atoms with Crippen LogP contribution >= 0.6 is 0 Å². The first-order valence-electron chi connectivity index (χ1n) is 7.04. The zero-order valence-corrected chi connectivity index (χ0v) is 11.8. The van der Waals surface area contributed by atoms with Crippen LogP contribution in [0.4, 0.5) is 5.69 Å². The normalized spacial score (nSPS) is 16.9. The van der Waals surface area contributed by atoms with E-state index in [2.05, 4.69) is 15.2 Å². The number of nitrogens with two attached hydrogens (primary N) is 1. The number of nitrogens with zero attached hydrogens (tertiary/aromatic N) is 2. The zero-order chi connectivity index (χ0) is 14.4. The van der Waals surface area contributed by atoms with E-state index >= 15 is 0 Å². The Bertz CT molecular complexity index is 427. The second-order valence-electron chi connectivity index (χ2n) is 4.98. The molecule has 0 unspecified atom stereocenters. The predicted octanol–water partition coefficient (Wildman–Crippen LogP) is 0.842. The van der Waals surface area contributed by atoms with Crippen molar-refractivity contribution >= 4 is 11.6 Å². The first-order chi connectivity index (χ1) is 9.67. The van der Waals surface area contributed by atoms with Gasteiger partial charge in [0.25, 0.3) is 0 Å². The average molecular weight is 278 g/mol. The lowest BCUT2D eigenvalue weighted by atomic mass is 10.1. The summed E-state index contributed by atoms with van der Waals surface area (Å²) in [6.45, 7) is 4.66. The van der Waals surface area contributed by atoms with Gasteiger partial charge in [0.05, 0.1) is 25.0 Å². The number of nitrogens with one attached hydrogen (secondary N) is 1. The van der Waals surface area contributed by atoms with Gasteiger partial charge in [-0.2, -0.15) is 0 Å². The fraction of sp³-hybridized carbons (Fsp3) is 0.571. The van der Waals surface area contributed by atoms with Crippen LogP contribution in [-0.2, 0) is 4.79 Å². The van der Waals surface area contributed by atoms with Crippen molar-refractivity contribution in [2.45, 2.75) is 25.8 Å². The van der Waals surface area contributed by atoms with E-state index in [9.17, 15) is 4.79 Å². The van der Waals surface area contributed by atoms with Crippen LogP contribution < -0.4 is 15.8 Å². The van der Waals surface area contributed by atoms with Gasteiger partial charge in [0.2, 0.25) is 11.8 Å². The Labute approximate surface area is 119 Å². The number of hydrogen-bond donors (Lipinski definition) is 2. The molecule has 1 aromatic rings. The molecular weight excluding hydrogens is 256 g/mol. The molecule has 6 nitrogen and oxygen atoms in total. The van der Waals surface area contributed by atoms with Crippen molar-refractivity contribution in [3.63, 3.8) is 0 Å². The van der Waals surface area contributed by atoms with Gasteiger partial charge in [0.15, 0.2) is 0 Å². The second kappa shape index (κ2) is 7.21. The molecule has 0 atom stereocenters. The molecule has 0 bridgehead atoms. The summed E-state index contributed by atoms with van der Waals surface area (Å²) >= 11 is 0. The number of aromatic nitrogens is 1. The van der Waals surface area contributed by atoms with Crippen LogP contribution in [0.1, 0.15) is 19.8 Å². The Hall–Kier alpha value is -1.66. The summed E-state index contributed by atoms with van der Waals surface area (Å²) in [5, 5.41) is 2.84.